The molecule has 23 heavy (non-hydrogen) atoms. The summed E-state index contributed by atoms with van der Waals surface area (Å²) in [5, 5.41) is 0.0626. The molecule has 1 aromatic carbocycles. The lowest BCUT2D eigenvalue weighted by atomic mass is 10.2. The van der Waals surface area contributed by atoms with Gasteiger partial charge < -0.3 is 11.5 Å². The van der Waals surface area contributed by atoms with Crippen molar-refractivity contribution in [1.82, 2.24) is 19.5 Å². The highest BCUT2D eigenvalue weighted by molar-refractivity contribution is 6.35. The molecule has 4 N–H and O–H groups in total. The molecule has 0 bridgehead atoms. The first-order valence-electron chi connectivity index (χ1n) is 6.63. The molecule has 2 aromatic heterocycles. The molecule has 0 saturated carbocycles. The Morgan fingerprint density at radius 3 is 2.65 bits per heavy atom. The van der Waals surface area contributed by atoms with E-state index in [2.05, 4.69) is 15.0 Å². The van der Waals surface area contributed by atoms with Gasteiger partial charge in [-0.1, -0.05) is 11.6 Å². The maximum absolute atomic E-state index is 13.6. The first kappa shape index (κ1) is 15.3. The zero-order valence-corrected chi connectivity index (χ0v) is 12.8. The van der Waals surface area contributed by atoms with Crippen LogP contribution >= 0.6 is 11.6 Å². The highest BCUT2D eigenvalue weighted by atomic mass is 35.5. The number of fused-ring (bicyclic) bond motifs is 1. The molecule has 118 valence electrons. The van der Waals surface area contributed by atoms with Crippen molar-refractivity contribution in [2.24, 2.45) is 5.73 Å². The molecule has 0 radical (unpaired) electrons. The minimum atomic E-state index is -0.634. The van der Waals surface area contributed by atoms with Crippen molar-refractivity contribution in [2.75, 3.05) is 5.73 Å². The summed E-state index contributed by atoms with van der Waals surface area (Å²) in [6, 6.07) is 1.57. The average molecular weight is 335 g/mol. The van der Waals surface area contributed by atoms with Gasteiger partial charge in [0, 0.05) is 0 Å². The number of halogens is 2. The van der Waals surface area contributed by atoms with Gasteiger partial charge in [0.2, 0.25) is 0 Å². The van der Waals surface area contributed by atoms with E-state index in [1.165, 1.54) is 17.0 Å². The van der Waals surface area contributed by atoms with Crippen LogP contribution in [0.4, 0.5) is 10.2 Å². The fourth-order valence-corrected chi connectivity index (χ4v) is 2.45. The molecule has 1 atom stereocenters. The predicted molar refractivity (Wildman–Crippen MR) is 84.9 cm³/mol. The lowest BCUT2D eigenvalue weighted by molar-refractivity contribution is 0.628. The van der Waals surface area contributed by atoms with E-state index in [4.69, 9.17) is 23.1 Å². The van der Waals surface area contributed by atoms with Gasteiger partial charge in [-0.25, -0.2) is 23.9 Å². The fraction of sp³-hybridized carbons (Fsp3) is 0.143. The molecular weight excluding hydrogens is 323 g/mol. The Labute approximate surface area is 134 Å². The van der Waals surface area contributed by atoms with Crippen LogP contribution in [0.25, 0.3) is 16.7 Å². The van der Waals surface area contributed by atoms with E-state index in [0.29, 0.717) is 0 Å². The zero-order valence-electron chi connectivity index (χ0n) is 12.0. The van der Waals surface area contributed by atoms with E-state index in [-0.39, 0.29) is 33.4 Å². The second-order valence-electron chi connectivity index (χ2n) is 4.98. The number of hydrogen-bond donors (Lipinski definition) is 2. The largest absolute Gasteiger partial charge is 0.382 e. The first-order valence-corrected chi connectivity index (χ1v) is 7.01. The van der Waals surface area contributed by atoms with Crippen molar-refractivity contribution < 1.29 is 4.39 Å². The molecule has 0 aliphatic heterocycles. The van der Waals surface area contributed by atoms with E-state index in [1.54, 1.807) is 6.92 Å². The molecule has 2 heterocycles. The van der Waals surface area contributed by atoms with Crippen molar-refractivity contribution in [3.8, 4) is 5.82 Å². The van der Waals surface area contributed by atoms with E-state index in [0.717, 1.165) is 12.1 Å². The van der Waals surface area contributed by atoms with Gasteiger partial charge in [-0.2, -0.15) is 0 Å². The molecule has 7 nitrogen and oxygen atoms in total. The van der Waals surface area contributed by atoms with Crippen LogP contribution in [0.3, 0.4) is 0 Å². The van der Waals surface area contributed by atoms with Crippen molar-refractivity contribution in [3.63, 3.8) is 0 Å². The van der Waals surface area contributed by atoms with Crippen molar-refractivity contribution >= 4 is 28.3 Å². The van der Waals surface area contributed by atoms with Gasteiger partial charge in [0.1, 0.15) is 17.5 Å². The Morgan fingerprint density at radius 1 is 1.30 bits per heavy atom. The summed E-state index contributed by atoms with van der Waals surface area (Å²) in [6.45, 7) is 1.66. The standard InChI is InChI=1S/C14H12ClFN6O/c1-6(17)13-21-12-8(2-7(16)3-9(12)15)14(23)22(13)11-5-19-10(18)4-20-11/h2-6H,17H2,1H3,(H2,18,19)/t6-/m0/s1. The molecule has 0 spiro atoms. The molecular formula is C14H12ClFN6O. The Balaban J connectivity index is 2.44. The maximum Gasteiger partial charge on any atom is 0.267 e. The van der Waals surface area contributed by atoms with Crippen molar-refractivity contribution in [3.05, 3.63) is 51.5 Å². The minimum Gasteiger partial charge on any atom is -0.382 e. The first-order chi connectivity index (χ1) is 10.9. The number of anilines is 1. The maximum atomic E-state index is 13.6. The predicted octanol–water partition coefficient (Wildman–Crippen LogP) is 1.57. The minimum absolute atomic E-state index is 0.0259. The summed E-state index contributed by atoms with van der Waals surface area (Å²) >= 11 is 5.99. The van der Waals surface area contributed by atoms with Crippen molar-refractivity contribution in [1.29, 1.82) is 0 Å². The number of rotatable bonds is 2. The van der Waals surface area contributed by atoms with Gasteiger partial charge in [0.25, 0.3) is 5.56 Å². The third-order valence-electron chi connectivity index (χ3n) is 3.21. The van der Waals surface area contributed by atoms with Gasteiger partial charge in [-0.3, -0.25) is 4.79 Å². The number of nitrogens with zero attached hydrogens (tertiary/aromatic N) is 4. The number of nitrogen functional groups attached to an aromatic ring is 1. The summed E-state index contributed by atoms with van der Waals surface area (Å²) in [5.41, 5.74) is 11.1. The number of benzene rings is 1. The van der Waals surface area contributed by atoms with Crippen LogP contribution in [0.1, 0.15) is 18.8 Å². The Hall–Kier alpha value is -2.58. The van der Waals surface area contributed by atoms with Gasteiger partial charge in [-0.05, 0) is 19.1 Å². The molecule has 3 rings (SSSR count). The summed E-state index contributed by atoms with van der Waals surface area (Å²) < 4.78 is 14.8. The number of aromatic nitrogens is 4. The Bertz CT molecular complexity index is 954. The van der Waals surface area contributed by atoms with Crippen molar-refractivity contribution in [2.45, 2.75) is 13.0 Å². The summed E-state index contributed by atoms with van der Waals surface area (Å²) in [6.07, 6.45) is 2.62. The quantitative estimate of drug-likeness (QED) is 0.735. The molecule has 0 aliphatic rings. The smallest absolute Gasteiger partial charge is 0.267 e. The van der Waals surface area contributed by atoms with Crippen LogP contribution in [0.2, 0.25) is 5.02 Å². The Morgan fingerprint density at radius 2 is 2.04 bits per heavy atom. The zero-order chi connectivity index (χ0) is 16.7. The second-order valence-corrected chi connectivity index (χ2v) is 5.39. The van der Waals surface area contributed by atoms with Gasteiger partial charge in [-0.15, -0.1) is 0 Å². The molecule has 0 fully saturated rings. The SMILES string of the molecule is C[C@H](N)c1nc2c(Cl)cc(F)cc2c(=O)n1-c1cnc(N)cn1. The third-order valence-corrected chi connectivity index (χ3v) is 3.50. The molecule has 0 unspecified atom stereocenters. The van der Waals surface area contributed by atoms with Gasteiger partial charge in [0.05, 0.1) is 34.4 Å². The normalized spacial score (nSPS) is 12.5. The van der Waals surface area contributed by atoms with E-state index >= 15 is 0 Å². The average Bonchev–Trinajstić information content (AvgIpc) is 2.49. The molecule has 0 aliphatic carbocycles. The third kappa shape index (κ3) is 2.62. The fourth-order valence-electron chi connectivity index (χ4n) is 2.21. The van der Waals surface area contributed by atoms with Crippen LogP contribution in [0, 0.1) is 5.82 Å². The van der Waals surface area contributed by atoms with Crippen LogP contribution in [-0.2, 0) is 0 Å². The lowest BCUT2D eigenvalue weighted by Crippen LogP contribution is -2.28. The highest BCUT2D eigenvalue weighted by Crippen LogP contribution is 2.23. The van der Waals surface area contributed by atoms with E-state index in [9.17, 15) is 9.18 Å². The molecule has 0 amide bonds. The van der Waals surface area contributed by atoms with Gasteiger partial charge >= 0.3 is 0 Å². The van der Waals surface area contributed by atoms with E-state index in [1.807, 2.05) is 0 Å². The summed E-state index contributed by atoms with van der Waals surface area (Å²) in [5.74, 6) is -0.0155. The highest BCUT2D eigenvalue weighted by Gasteiger charge is 2.18. The van der Waals surface area contributed by atoms with Gasteiger partial charge in [0.15, 0.2) is 5.82 Å². The van der Waals surface area contributed by atoms with Crippen LogP contribution in [0.15, 0.2) is 29.3 Å². The second kappa shape index (κ2) is 5.56. The van der Waals surface area contributed by atoms with E-state index < -0.39 is 17.4 Å². The van der Waals surface area contributed by atoms with Crippen LogP contribution < -0.4 is 17.0 Å². The lowest BCUT2D eigenvalue weighted by Gasteiger charge is -2.15. The summed E-state index contributed by atoms with van der Waals surface area (Å²) in [7, 11) is 0. The van der Waals surface area contributed by atoms with Crippen LogP contribution in [-0.4, -0.2) is 19.5 Å². The molecule has 9 heteroatoms. The number of nitrogens with two attached hydrogens (primary N) is 2. The monoisotopic (exact) mass is 334 g/mol. The number of hydrogen-bond acceptors (Lipinski definition) is 6. The molecule has 0 saturated heterocycles. The molecule has 3 aromatic rings. The Kier molecular flexibility index (Phi) is 3.70. The summed E-state index contributed by atoms with van der Waals surface area (Å²) in [4.78, 5) is 25.1. The van der Waals surface area contributed by atoms with Crippen LogP contribution in [0.5, 0.6) is 0 Å². The topological polar surface area (TPSA) is 113 Å².